The summed E-state index contributed by atoms with van der Waals surface area (Å²) in [6.07, 6.45) is 1.56. The fourth-order valence-electron chi connectivity index (χ4n) is 5.76. The number of hydrogen-bond donors (Lipinski definition) is 2. The Morgan fingerprint density at radius 1 is 0.977 bits per heavy atom. The van der Waals surface area contributed by atoms with E-state index in [1.807, 2.05) is 48.5 Å². The largest absolute Gasteiger partial charge is 0.462 e. The van der Waals surface area contributed by atoms with Gasteiger partial charge in [0.05, 0.1) is 28.8 Å². The van der Waals surface area contributed by atoms with E-state index in [2.05, 4.69) is 27.4 Å². The van der Waals surface area contributed by atoms with Gasteiger partial charge in [-0.2, -0.15) is 0 Å². The maximum absolute atomic E-state index is 13.6. The summed E-state index contributed by atoms with van der Waals surface area (Å²) < 4.78 is 11.2. The van der Waals surface area contributed by atoms with Crippen LogP contribution in [0.4, 0.5) is 5.00 Å². The summed E-state index contributed by atoms with van der Waals surface area (Å²) in [5.41, 5.74) is 5.10. The number of nitrogens with zero attached hydrogens (tertiary/aromatic N) is 1. The normalized spacial score (nSPS) is 14.9. The lowest BCUT2D eigenvalue weighted by Gasteiger charge is -2.23. The minimum atomic E-state index is -1.07. The SMILES string of the molecule is CCOC(=O)c1c(NC(=O)C(CC)OC(=O)c2ccccc2-c2nc3ccccc3[nH]2)sc2c1CCC(c1ccccc1)C2. The molecular formula is C35H33N3O5S. The van der Waals surface area contributed by atoms with Gasteiger partial charge in [-0.15, -0.1) is 11.3 Å². The highest BCUT2D eigenvalue weighted by atomic mass is 32.1. The number of amides is 1. The molecule has 9 heteroatoms. The first-order valence-electron chi connectivity index (χ1n) is 14.9. The van der Waals surface area contributed by atoms with Crippen LogP contribution in [0.25, 0.3) is 22.4 Å². The third kappa shape index (κ3) is 5.88. The van der Waals surface area contributed by atoms with Crippen LogP contribution in [0.2, 0.25) is 0 Å². The Morgan fingerprint density at radius 3 is 2.50 bits per heavy atom. The molecule has 0 radical (unpaired) electrons. The van der Waals surface area contributed by atoms with Crippen molar-refractivity contribution in [3.8, 4) is 11.4 Å². The summed E-state index contributed by atoms with van der Waals surface area (Å²) in [6, 6.07) is 25.0. The molecule has 44 heavy (non-hydrogen) atoms. The number of imidazole rings is 1. The van der Waals surface area contributed by atoms with E-state index in [-0.39, 0.29) is 13.0 Å². The Kier molecular flexibility index (Phi) is 8.56. The highest BCUT2D eigenvalue weighted by Gasteiger charge is 2.32. The Bertz CT molecular complexity index is 1790. The molecule has 224 valence electrons. The zero-order valence-corrected chi connectivity index (χ0v) is 25.4. The number of H-pyrrole nitrogens is 1. The first-order chi connectivity index (χ1) is 21.5. The number of nitrogens with one attached hydrogen (secondary N) is 2. The van der Waals surface area contributed by atoms with E-state index in [0.717, 1.165) is 34.3 Å². The average Bonchev–Trinajstić information content (AvgIpc) is 3.65. The van der Waals surface area contributed by atoms with Gasteiger partial charge in [-0.1, -0.05) is 67.6 Å². The standard InChI is InChI=1S/C35H33N3O5S/c1-3-28(43-34(40)24-15-9-8-14-23(24)31-36-26-16-10-11-17-27(26)37-31)32(39)38-33-30(35(41)42-4-2)25-19-18-22(20-29(25)44-33)21-12-6-5-7-13-21/h5-17,22,28H,3-4,18-20H2,1-2H3,(H,36,37)(H,38,39). The number of esters is 2. The van der Waals surface area contributed by atoms with Crippen LogP contribution in [0, 0.1) is 0 Å². The van der Waals surface area contributed by atoms with Crippen LogP contribution >= 0.6 is 11.3 Å². The molecule has 2 unspecified atom stereocenters. The van der Waals surface area contributed by atoms with Crippen LogP contribution in [-0.2, 0) is 27.1 Å². The molecular weight excluding hydrogens is 574 g/mol. The summed E-state index contributed by atoms with van der Waals surface area (Å²) in [5.74, 6) is -0.718. The number of aromatic amines is 1. The predicted molar refractivity (Wildman–Crippen MR) is 171 cm³/mol. The fraction of sp³-hybridized carbons (Fsp3) is 0.257. The number of hydrogen-bond acceptors (Lipinski definition) is 7. The van der Waals surface area contributed by atoms with Crippen molar-refractivity contribution in [1.82, 2.24) is 9.97 Å². The number of benzene rings is 3. The topological polar surface area (TPSA) is 110 Å². The maximum atomic E-state index is 13.6. The number of anilines is 1. The molecule has 6 rings (SSSR count). The summed E-state index contributed by atoms with van der Waals surface area (Å²) in [4.78, 5) is 49.1. The molecule has 5 aromatic rings. The van der Waals surface area contributed by atoms with Crippen molar-refractivity contribution in [2.45, 2.75) is 51.6 Å². The molecule has 0 aliphatic heterocycles. The third-order valence-electron chi connectivity index (χ3n) is 7.96. The second kappa shape index (κ2) is 12.9. The van der Waals surface area contributed by atoms with E-state index in [0.29, 0.717) is 39.9 Å². The number of para-hydroxylation sites is 2. The van der Waals surface area contributed by atoms with Crippen molar-refractivity contribution in [3.63, 3.8) is 0 Å². The number of fused-ring (bicyclic) bond motifs is 2. The minimum absolute atomic E-state index is 0.226. The van der Waals surface area contributed by atoms with Crippen LogP contribution < -0.4 is 5.32 Å². The van der Waals surface area contributed by atoms with Gasteiger partial charge >= 0.3 is 11.9 Å². The molecule has 0 bridgehead atoms. The highest BCUT2D eigenvalue weighted by Crippen LogP contribution is 2.43. The van der Waals surface area contributed by atoms with Crippen LogP contribution in [0.5, 0.6) is 0 Å². The van der Waals surface area contributed by atoms with Gasteiger partial charge in [-0.3, -0.25) is 4.79 Å². The third-order valence-corrected chi connectivity index (χ3v) is 9.13. The number of aromatic nitrogens is 2. The molecule has 1 aliphatic carbocycles. The quantitative estimate of drug-likeness (QED) is 0.170. The van der Waals surface area contributed by atoms with Gasteiger partial charge < -0.3 is 19.8 Å². The Morgan fingerprint density at radius 2 is 1.73 bits per heavy atom. The first-order valence-corrected chi connectivity index (χ1v) is 15.7. The van der Waals surface area contributed by atoms with Crippen molar-refractivity contribution >= 4 is 45.2 Å². The van der Waals surface area contributed by atoms with Crippen molar-refractivity contribution in [2.24, 2.45) is 0 Å². The Balaban J connectivity index is 1.23. The van der Waals surface area contributed by atoms with Crippen LogP contribution in [0.15, 0.2) is 78.9 Å². The zero-order valence-electron chi connectivity index (χ0n) is 24.6. The summed E-state index contributed by atoms with van der Waals surface area (Å²) in [6.45, 7) is 3.76. The molecule has 2 aromatic heterocycles. The summed E-state index contributed by atoms with van der Waals surface area (Å²) in [7, 11) is 0. The van der Waals surface area contributed by atoms with Crippen LogP contribution in [-0.4, -0.2) is 40.5 Å². The molecule has 2 heterocycles. The monoisotopic (exact) mass is 607 g/mol. The molecule has 0 saturated heterocycles. The van der Waals surface area contributed by atoms with Gasteiger partial charge in [0, 0.05) is 10.4 Å². The first kappa shape index (κ1) is 29.3. The molecule has 1 amide bonds. The molecule has 2 N–H and O–H groups in total. The Labute approximate surface area is 259 Å². The lowest BCUT2D eigenvalue weighted by Crippen LogP contribution is -2.32. The molecule has 1 aliphatic rings. The van der Waals surface area contributed by atoms with E-state index >= 15 is 0 Å². The van der Waals surface area contributed by atoms with Gasteiger partial charge in [0.25, 0.3) is 5.91 Å². The number of rotatable bonds is 9. The number of ether oxygens (including phenoxy) is 2. The number of carbonyl (C=O) groups is 3. The summed E-state index contributed by atoms with van der Waals surface area (Å²) >= 11 is 1.40. The lowest BCUT2D eigenvalue weighted by molar-refractivity contribution is -0.124. The molecule has 2 atom stereocenters. The van der Waals surface area contributed by atoms with Gasteiger partial charge in [-0.25, -0.2) is 14.6 Å². The smallest absolute Gasteiger partial charge is 0.341 e. The van der Waals surface area contributed by atoms with Crippen LogP contribution in [0.3, 0.4) is 0 Å². The molecule has 0 spiro atoms. The van der Waals surface area contributed by atoms with Crippen LogP contribution in [0.1, 0.15) is 69.3 Å². The fourth-order valence-corrected chi connectivity index (χ4v) is 7.08. The molecule has 8 nitrogen and oxygen atoms in total. The van der Waals surface area contributed by atoms with Gasteiger partial charge in [0.15, 0.2) is 6.10 Å². The van der Waals surface area contributed by atoms with Crippen molar-refractivity contribution in [2.75, 3.05) is 11.9 Å². The minimum Gasteiger partial charge on any atom is -0.462 e. The van der Waals surface area contributed by atoms with Gasteiger partial charge in [0.1, 0.15) is 10.8 Å². The lowest BCUT2D eigenvalue weighted by atomic mass is 9.83. The molecule has 0 fully saturated rings. The Hall–Kier alpha value is -4.76. The van der Waals surface area contributed by atoms with Gasteiger partial charge in [-0.05, 0) is 67.9 Å². The van der Waals surface area contributed by atoms with Crippen molar-refractivity contribution in [3.05, 3.63) is 106 Å². The number of carbonyl (C=O) groups excluding carboxylic acids is 3. The van der Waals surface area contributed by atoms with E-state index in [1.165, 1.54) is 16.9 Å². The van der Waals surface area contributed by atoms with E-state index in [4.69, 9.17) is 9.47 Å². The second-order valence-electron chi connectivity index (χ2n) is 10.7. The van der Waals surface area contributed by atoms with E-state index in [1.54, 1.807) is 32.0 Å². The van der Waals surface area contributed by atoms with Crippen molar-refractivity contribution in [1.29, 1.82) is 0 Å². The zero-order chi connectivity index (χ0) is 30.6. The summed E-state index contributed by atoms with van der Waals surface area (Å²) in [5, 5.41) is 3.35. The highest BCUT2D eigenvalue weighted by molar-refractivity contribution is 7.17. The van der Waals surface area contributed by atoms with Gasteiger partial charge in [0.2, 0.25) is 0 Å². The van der Waals surface area contributed by atoms with E-state index in [9.17, 15) is 14.4 Å². The molecule has 0 saturated carbocycles. The molecule has 3 aromatic carbocycles. The van der Waals surface area contributed by atoms with E-state index < -0.39 is 23.9 Å². The predicted octanol–water partition coefficient (Wildman–Crippen LogP) is 7.31. The second-order valence-corrected chi connectivity index (χ2v) is 11.8. The maximum Gasteiger partial charge on any atom is 0.341 e. The van der Waals surface area contributed by atoms with Crippen molar-refractivity contribution < 1.29 is 23.9 Å². The number of thiophene rings is 1. The average molecular weight is 608 g/mol.